The molecule has 1 unspecified atom stereocenters. The van der Waals surface area contributed by atoms with Crippen LogP contribution in [-0.2, 0) is 9.53 Å². The van der Waals surface area contributed by atoms with Crippen LogP contribution in [0.1, 0.15) is 12.5 Å². The van der Waals surface area contributed by atoms with E-state index in [0.29, 0.717) is 45.9 Å². The van der Waals surface area contributed by atoms with Gasteiger partial charge in [0.05, 0.1) is 16.7 Å². The van der Waals surface area contributed by atoms with Gasteiger partial charge in [0.1, 0.15) is 0 Å². The lowest BCUT2D eigenvalue weighted by Crippen LogP contribution is -2.49. The van der Waals surface area contributed by atoms with Crippen molar-refractivity contribution >= 4 is 58.0 Å². The molecule has 1 fully saturated rings. The smallest absolute Gasteiger partial charge is 0.253 e. The third-order valence-corrected chi connectivity index (χ3v) is 7.31. The highest BCUT2D eigenvalue weighted by Crippen LogP contribution is 2.39. The van der Waals surface area contributed by atoms with E-state index in [4.69, 9.17) is 39.5 Å². The molecular formula is C23H25Cl3N2O3S. The number of carbonyl (C=O) groups excluding carboxylic acids is 1. The van der Waals surface area contributed by atoms with E-state index >= 15 is 0 Å². The highest BCUT2D eigenvalue weighted by Gasteiger charge is 2.23. The van der Waals surface area contributed by atoms with Crippen molar-refractivity contribution in [1.82, 2.24) is 9.80 Å². The fourth-order valence-corrected chi connectivity index (χ4v) is 4.93. The lowest BCUT2D eigenvalue weighted by molar-refractivity contribution is -0.127. The number of halogens is 3. The van der Waals surface area contributed by atoms with Crippen LogP contribution in [-0.4, -0.2) is 66.4 Å². The molecule has 5 nitrogen and oxygen atoms in total. The standard InChI is InChI=1S/C23H25Cl3N2O3S/c1-15(23(30)28-9-7-27(8-10-28)11-12-31-16(2)29)17-3-5-21(19(25)13-17)32-22-6-4-18(24)14-20(22)26/h3-6,13-14,16,29H,1,7-12H2,2H3. The number of carbonyl (C=O) groups is 1. The average Bonchev–Trinajstić information content (AvgIpc) is 2.76. The van der Waals surface area contributed by atoms with E-state index in [1.807, 2.05) is 18.2 Å². The molecule has 0 saturated carbocycles. The molecule has 0 bridgehead atoms. The maximum absolute atomic E-state index is 12.9. The molecule has 0 aliphatic carbocycles. The van der Waals surface area contributed by atoms with Crippen molar-refractivity contribution < 1.29 is 14.6 Å². The first kappa shape index (κ1) is 25.4. The van der Waals surface area contributed by atoms with Crippen molar-refractivity contribution in [3.8, 4) is 0 Å². The van der Waals surface area contributed by atoms with E-state index in [-0.39, 0.29) is 5.91 Å². The van der Waals surface area contributed by atoms with Gasteiger partial charge in [0.15, 0.2) is 6.29 Å². The minimum absolute atomic E-state index is 0.0953. The number of hydrogen-bond acceptors (Lipinski definition) is 5. The normalized spacial score (nSPS) is 15.6. The number of aliphatic hydroxyl groups excluding tert-OH is 1. The zero-order chi connectivity index (χ0) is 23.3. The first-order valence-electron chi connectivity index (χ1n) is 10.2. The molecule has 9 heteroatoms. The number of benzene rings is 2. The van der Waals surface area contributed by atoms with Crippen molar-refractivity contribution in [2.45, 2.75) is 23.0 Å². The van der Waals surface area contributed by atoms with Gasteiger partial charge >= 0.3 is 0 Å². The second kappa shape index (κ2) is 11.7. The summed E-state index contributed by atoms with van der Waals surface area (Å²) in [7, 11) is 0. The first-order chi connectivity index (χ1) is 15.2. The third-order valence-electron chi connectivity index (χ3n) is 5.08. The van der Waals surface area contributed by atoms with E-state index in [1.54, 1.807) is 30.0 Å². The van der Waals surface area contributed by atoms with Crippen LogP contribution in [0.25, 0.3) is 5.57 Å². The molecule has 2 aromatic carbocycles. The third kappa shape index (κ3) is 6.87. The van der Waals surface area contributed by atoms with Crippen LogP contribution in [0.5, 0.6) is 0 Å². The molecule has 1 atom stereocenters. The van der Waals surface area contributed by atoms with Crippen molar-refractivity contribution in [2.75, 3.05) is 39.3 Å². The quantitative estimate of drug-likeness (QED) is 0.381. The van der Waals surface area contributed by atoms with Crippen LogP contribution < -0.4 is 0 Å². The Hall–Kier alpha value is -1.25. The molecule has 32 heavy (non-hydrogen) atoms. The Kier molecular flexibility index (Phi) is 9.32. The monoisotopic (exact) mass is 514 g/mol. The van der Waals surface area contributed by atoms with Crippen LogP contribution in [0.2, 0.25) is 15.1 Å². The Morgan fingerprint density at radius 3 is 2.31 bits per heavy atom. The molecule has 172 valence electrons. The summed E-state index contributed by atoms with van der Waals surface area (Å²) < 4.78 is 5.18. The predicted molar refractivity (Wildman–Crippen MR) is 132 cm³/mol. The zero-order valence-corrected chi connectivity index (χ0v) is 20.8. The Morgan fingerprint density at radius 2 is 1.72 bits per heavy atom. The SMILES string of the molecule is C=C(C(=O)N1CCN(CCOC(C)O)CC1)c1ccc(Sc2ccc(Cl)cc2Cl)c(Cl)c1. The van der Waals surface area contributed by atoms with Crippen LogP contribution in [0.15, 0.2) is 52.8 Å². The minimum Gasteiger partial charge on any atom is -0.368 e. The molecule has 0 radical (unpaired) electrons. The van der Waals surface area contributed by atoms with Gasteiger partial charge < -0.3 is 14.7 Å². The van der Waals surface area contributed by atoms with Crippen LogP contribution in [0, 0.1) is 0 Å². The molecule has 0 spiro atoms. The van der Waals surface area contributed by atoms with Gasteiger partial charge in [0.25, 0.3) is 5.91 Å². The van der Waals surface area contributed by atoms with Gasteiger partial charge in [-0.2, -0.15) is 0 Å². The molecular weight excluding hydrogens is 491 g/mol. The summed E-state index contributed by atoms with van der Waals surface area (Å²) in [6.07, 6.45) is -0.763. The number of rotatable bonds is 8. The highest BCUT2D eigenvalue weighted by atomic mass is 35.5. The topological polar surface area (TPSA) is 53.0 Å². The van der Waals surface area contributed by atoms with Gasteiger partial charge in [-0.05, 0) is 42.8 Å². The fourth-order valence-electron chi connectivity index (χ4n) is 3.29. The Bertz CT molecular complexity index is 979. The fraction of sp³-hybridized carbons (Fsp3) is 0.348. The van der Waals surface area contributed by atoms with Gasteiger partial charge in [-0.15, -0.1) is 0 Å². The van der Waals surface area contributed by atoms with Gasteiger partial charge in [-0.3, -0.25) is 9.69 Å². The van der Waals surface area contributed by atoms with Crippen molar-refractivity contribution in [3.05, 3.63) is 63.6 Å². The van der Waals surface area contributed by atoms with Crippen LogP contribution >= 0.6 is 46.6 Å². The Labute approximate surface area is 207 Å². The van der Waals surface area contributed by atoms with Crippen LogP contribution in [0.3, 0.4) is 0 Å². The molecule has 1 aliphatic heterocycles. The van der Waals surface area contributed by atoms with E-state index < -0.39 is 6.29 Å². The van der Waals surface area contributed by atoms with Gasteiger partial charge in [-0.1, -0.05) is 59.2 Å². The largest absolute Gasteiger partial charge is 0.368 e. The average molecular weight is 516 g/mol. The summed E-state index contributed by atoms with van der Waals surface area (Å²) in [4.78, 5) is 18.6. The van der Waals surface area contributed by atoms with Crippen LogP contribution in [0.4, 0.5) is 0 Å². The zero-order valence-electron chi connectivity index (χ0n) is 17.7. The van der Waals surface area contributed by atoms with Gasteiger partial charge in [0.2, 0.25) is 0 Å². The predicted octanol–water partition coefficient (Wildman–Crippen LogP) is 5.31. The maximum atomic E-state index is 12.9. The summed E-state index contributed by atoms with van der Waals surface area (Å²) in [6, 6.07) is 10.8. The molecule has 3 rings (SSSR count). The van der Waals surface area contributed by atoms with E-state index in [0.717, 1.165) is 29.4 Å². The summed E-state index contributed by atoms with van der Waals surface area (Å²) in [5.41, 5.74) is 1.11. The first-order valence-corrected chi connectivity index (χ1v) is 12.1. The second-order valence-electron chi connectivity index (χ2n) is 7.40. The molecule has 1 heterocycles. The Balaban J connectivity index is 1.58. The van der Waals surface area contributed by atoms with Crippen molar-refractivity contribution in [2.24, 2.45) is 0 Å². The molecule has 2 aromatic rings. The lowest BCUT2D eigenvalue weighted by atomic mass is 10.1. The number of aliphatic hydroxyl groups is 1. The summed E-state index contributed by atoms with van der Waals surface area (Å²) >= 11 is 20.1. The van der Waals surface area contributed by atoms with E-state index in [9.17, 15) is 9.90 Å². The van der Waals surface area contributed by atoms with Gasteiger partial charge in [-0.25, -0.2) is 0 Å². The highest BCUT2D eigenvalue weighted by molar-refractivity contribution is 7.99. The van der Waals surface area contributed by atoms with Crippen molar-refractivity contribution in [3.63, 3.8) is 0 Å². The van der Waals surface area contributed by atoms with E-state index in [1.165, 1.54) is 11.8 Å². The van der Waals surface area contributed by atoms with E-state index in [2.05, 4.69) is 11.5 Å². The number of ether oxygens (including phenoxy) is 1. The summed E-state index contributed by atoms with van der Waals surface area (Å²) in [5, 5.41) is 10.8. The Morgan fingerprint density at radius 1 is 1.09 bits per heavy atom. The molecule has 1 aliphatic rings. The maximum Gasteiger partial charge on any atom is 0.253 e. The van der Waals surface area contributed by atoms with Gasteiger partial charge in [0, 0.05) is 53.1 Å². The second-order valence-corrected chi connectivity index (χ2v) is 9.74. The number of nitrogens with zero attached hydrogens (tertiary/aromatic N) is 2. The molecule has 1 saturated heterocycles. The minimum atomic E-state index is -0.763. The molecule has 1 amide bonds. The number of hydrogen-bond donors (Lipinski definition) is 1. The van der Waals surface area contributed by atoms with Crippen molar-refractivity contribution in [1.29, 1.82) is 0 Å². The lowest BCUT2D eigenvalue weighted by Gasteiger charge is -2.35. The molecule has 1 N–H and O–H groups in total. The number of piperazine rings is 1. The molecule has 0 aromatic heterocycles. The summed E-state index contributed by atoms with van der Waals surface area (Å²) in [5.74, 6) is -0.0953. The number of amides is 1. The summed E-state index contributed by atoms with van der Waals surface area (Å²) in [6.45, 7) is 9.52.